The van der Waals surface area contributed by atoms with Gasteiger partial charge in [-0.15, -0.1) is 0 Å². The zero-order chi connectivity index (χ0) is 24.6. The van der Waals surface area contributed by atoms with Crippen LogP contribution in [-0.4, -0.2) is 37.5 Å². The molecule has 1 aliphatic carbocycles. The number of halogens is 1. The quantitative estimate of drug-likeness (QED) is 0.425. The summed E-state index contributed by atoms with van der Waals surface area (Å²) in [6.45, 7) is 6.28. The van der Waals surface area contributed by atoms with E-state index in [0.29, 0.717) is 30.5 Å². The minimum Gasteiger partial charge on any atom is -0.458 e. The Bertz CT molecular complexity index is 936. The molecule has 0 aromatic heterocycles. The molecule has 2 aromatic carbocycles. The Hall–Kier alpha value is -2.93. The highest BCUT2D eigenvalue weighted by Crippen LogP contribution is 2.31. The van der Waals surface area contributed by atoms with Crippen molar-refractivity contribution in [1.29, 1.82) is 0 Å². The van der Waals surface area contributed by atoms with E-state index in [-0.39, 0.29) is 18.5 Å². The topological polar surface area (TPSA) is 65.1 Å². The predicted molar refractivity (Wildman–Crippen MR) is 128 cm³/mol. The van der Waals surface area contributed by atoms with Gasteiger partial charge in [-0.3, -0.25) is 0 Å². The third-order valence-electron chi connectivity index (χ3n) is 5.67. The highest BCUT2D eigenvalue weighted by Gasteiger charge is 2.25. The summed E-state index contributed by atoms with van der Waals surface area (Å²) < 4.78 is 30.3. The van der Waals surface area contributed by atoms with Crippen LogP contribution >= 0.6 is 0 Å². The van der Waals surface area contributed by atoms with Gasteiger partial charge in [0.25, 0.3) is 0 Å². The van der Waals surface area contributed by atoms with Gasteiger partial charge in [-0.2, -0.15) is 0 Å². The second-order valence-electron chi connectivity index (χ2n) is 9.72. The van der Waals surface area contributed by atoms with Gasteiger partial charge < -0.3 is 14.2 Å². The zero-order valence-corrected chi connectivity index (χ0v) is 20.2. The summed E-state index contributed by atoms with van der Waals surface area (Å²) >= 11 is 0. The van der Waals surface area contributed by atoms with Gasteiger partial charge in [0.2, 0.25) is 0 Å². The van der Waals surface area contributed by atoms with Crippen LogP contribution < -0.4 is 4.90 Å². The van der Waals surface area contributed by atoms with E-state index in [1.165, 1.54) is 17.0 Å². The molecule has 6 nitrogen and oxygen atoms in total. The van der Waals surface area contributed by atoms with E-state index >= 15 is 0 Å². The van der Waals surface area contributed by atoms with Crippen molar-refractivity contribution in [3.05, 3.63) is 60.4 Å². The maximum absolute atomic E-state index is 13.8. The highest BCUT2D eigenvalue weighted by atomic mass is 19.1. The maximum Gasteiger partial charge on any atom is 0.418 e. The van der Waals surface area contributed by atoms with Gasteiger partial charge in [-0.1, -0.05) is 24.3 Å². The summed E-state index contributed by atoms with van der Waals surface area (Å²) in [6.07, 6.45) is 3.20. The molecule has 0 N–H and O–H groups in total. The number of nitrogens with zero attached hydrogens (tertiary/aromatic N) is 1. The Balaban J connectivity index is 1.46. The second kappa shape index (κ2) is 12.0. The third kappa shape index (κ3) is 8.13. The molecule has 1 aliphatic rings. The zero-order valence-electron chi connectivity index (χ0n) is 20.2. The van der Waals surface area contributed by atoms with E-state index in [1.807, 2.05) is 39.0 Å². The largest absolute Gasteiger partial charge is 0.458 e. The van der Waals surface area contributed by atoms with Crippen molar-refractivity contribution in [1.82, 2.24) is 0 Å². The van der Waals surface area contributed by atoms with Crippen LogP contribution in [0.15, 0.2) is 54.6 Å². The summed E-state index contributed by atoms with van der Waals surface area (Å²) in [6, 6.07) is 15.0. The van der Waals surface area contributed by atoms with Crippen LogP contribution in [-0.2, 0) is 19.0 Å². The van der Waals surface area contributed by atoms with Crippen LogP contribution in [0, 0.1) is 17.7 Å². The third-order valence-corrected chi connectivity index (χ3v) is 5.67. The van der Waals surface area contributed by atoms with Crippen LogP contribution in [0.1, 0.15) is 46.5 Å². The summed E-state index contributed by atoms with van der Waals surface area (Å²) in [7, 11) is 0. The predicted octanol–water partition coefficient (Wildman–Crippen LogP) is 6.27. The lowest BCUT2D eigenvalue weighted by Crippen LogP contribution is -2.30. The van der Waals surface area contributed by atoms with E-state index in [1.54, 1.807) is 24.3 Å². The Labute approximate surface area is 201 Å². The molecular formula is C27H34FNO5. The first-order valence-electron chi connectivity index (χ1n) is 11.8. The molecule has 0 bridgehead atoms. The molecule has 0 spiro atoms. The lowest BCUT2D eigenvalue weighted by Gasteiger charge is -2.29. The molecule has 1 fully saturated rings. The van der Waals surface area contributed by atoms with Crippen molar-refractivity contribution >= 4 is 23.4 Å². The molecule has 1 saturated carbocycles. The number of rotatable bonds is 8. The fraction of sp³-hybridized carbons (Fsp3) is 0.481. The molecule has 0 unspecified atom stereocenters. The van der Waals surface area contributed by atoms with Crippen LogP contribution in [0.3, 0.4) is 0 Å². The Morgan fingerprint density at radius 1 is 0.912 bits per heavy atom. The number of ether oxygens (including phenoxy) is 3. The first-order chi connectivity index (χ1) is 16.2. The average molecular weight is 472 g/mol. The number of carbonyl (C=O) groups excluding carboxylic acids is 2. The Kier molecular flexibility index (Phi) is 9.05. The van der Waals surface area contributed by atoms with E-state index in [9.17, 15) is 14.0 Å². The summed E-state index contributed by atoms with van der Waals surface area (Å²) in [5, 5.41) is 0. The molecule has 34 heavy (non-hydrogen) atoms. The normalized spacial score (nSPS) is 18.2. The van der Waals surface area contributed by atoms with Crippen molar-refractivity contribution in [2.45, 2.75) is 52.1 Å². The first kappa shape index (κ1) is 25.7. The van der Waals surface area contributed by atoms with E-state index in [0.717, 1.165) is 25.7 Å². The number of hydrogen-bond donors (Lipinski definition) is 0. The summed E-state index contributed by atoms with van der Waals surface area (Å²) in [4.78, 5) is 26.1. The lowest BCUT2D eigenvalue weighted by atomic mass is 9.83. The van der Waals surface area contributed by atoms with E-state index < -0.39 is 17.5 Å². The van der Waals surface area contributed by atoms with Gasteiger partial charge in [-0.05, 0) is 88.6 Å². The molecule has 0 atom stereocenters. The van der Waals surface area contributed by atoms with Gasteiger partial charge in [0, 0.05) is 0 Å². The smallest absolute Gasteiger partial charge is 0.418 e. The fourth-order valence-electron chi connectivity index (χ4n) is 4.05. The number of anilines is 2. The molecule has 0 saturated heterocycles. The summed E-state index contributed by atoms with van der Waals surface area (Å²) in [5.41, 5.74) is 0.520. The number of para-hydroxylation sites is 1. The number of esters is 1. The molecule has 2 aromatic rings. The second-order valence-corrected chi connectivity index (χ2v) is 9.72. The first-order valence-corrected chi connectivity index (χ1v) is 11.8. The number of carbonyl (C=O) groups is 2. The monoisotopic (exact) mass is 471 g/mol. The highest BCUT2D eigenvalue weighted by molar-refractivity contribution is 5.95. The lowest BCUT2D eigenvalue weighted by molar-refractivity contribution is -0.160. The minimum absolute atomic E-state index is 0.0375. The molecule has 3 rings (SSSR count). The SMILES string of the molecule is CC(C)(C)OC(=O)COCC1CCC(COC(=O)N(c2ccccc2)c2cccc(F)c2)CC1. The Morgan fingerprint density at radius 2 is 1.53 bits per heavy atom. The van der Waals surface area contributed by atoms with Gasteiger partial charge in [0.05, 0.1) is 24.6 Å². The van der Waals surface area contributed by atoms with Crippen molar-refractivity contribution in [3.8, 4) is 0 Å². The van der Waals surface area contributed by atoms with Gasteiger partial charge in [-0.25, -0.2) is 18.9 Å². The van der Waals surface area contributed by atoms with Crippen molar-refractivity contribution in [2.75, 3.05) is 24.7 Å². The molecule has 0 aliphatic heterocycles. The van der Waals surface area contributed by atoms with Crippen molar-refractivity contribution in [3.63, 3.8) is 0 Å². The number of benzene rings is 2. The number of amides is 1. The molecule has 7 heteroatoms. The molecule has 184 valence electrons. The van der Waals surface area contributed by atoms with Gasteiger partial charge in [0.1, 0.15) is 18.0 Å². The van der Waals surface area contributed by atoms with E-state index in [4.69, 9.17) is 14.2 Å². The standard InChI is InChI=1S/C27H34FNO5/c1-27(2,3)34-25(30)19-32-17-20-12-14-21(15-13-20)18-33-26(31)29(23-9-5-4-6-10-23)24-11-7-8-22(28)16-24/h4-11,16,20-21H,12-15,17-19H2,1-3H3. The number of hydrogen-bond acceptors (Lipinski definition) is 5. The van der Waals surface area contributed by atoms with Crippen LogP contribution in [0.5, 0.6) is 0 Å². The van der Waals surface area contributed by atoms with E-state index in [2.05, 4.69) is 0 Å². The maximum atomic E-state index is 13.8. The minimum atomic E-state index is -0.528. The molecule has 0 heterocycles. The fourth-order valence-corrected chi connectivity index (χ4v) is 4.05. The van der Waals surface area contributed by atoms with Crippen LogP contribution in [0.4, 0.5) is 20.6 Å². The van der Waals surface area contributed by atoms with Crippen molar-refractivity contribution < 1.29 is 28.2 Å². The molecule has 0 radical (unpaired) electrons. The Morgan fingerprint density at radius 3 is 2.15 bits per heavy atom. The molecule has 1 amide bonds. The van der Waals surface area contributed by atoms with Crippen LogP contribution in [0.25, 0.3) is 0 Å². The summed E-state index contributed by atoms with van der Waals surface area (Å²) in [5.74, 6) is -0.133. The average Bonchev–Trinajstić information content (AvgIpc) is 2.78. The van der Waals surface area contributed by atoms with Gasteiger partial charge in [0.15, 0.2) is 0 Å². The van der Waals surface area contributed by atoms with Crippen LogP contribution in [0.2, 0.25) is 0 Å². The molecular weight excluding hydrogens is 437 g/mol. The van der Waals surface area contributed by atoms with Crippen molar-refractivity contribution in [2.24, 2.45) is 11.8 Å². The van der Waals surface area contributed by atoms with Gasteiger partial charge >= 0.3 is 12.1 Å².